The van der Waals surface area contributed by atoms with Gasteiger partial charge in [0.2, 0.25) is 0 Å². The lowest BCUT2D eigenvalue weighted by Gasteiger charge is -2.26. The van der Waals surface area contributed by atoms with Gasteiger partial charge in [0, 0.05) is 23.8 Å². The van der Waals surface area contributed by atoms with Crippen LogP contribution >= 0.6 is 11.8 Å². The monoisotopic (exact) mass is 281 g/mol. The van der Waals surface area contributed by atoms with Gasteiger partial charge in [0.25, 0.3) is 0 Å². The minimum absolute atomic E-state index is 0.0227. The summed E-state index contributed by atoms with van der Waals surface area (Å²) in [6.07, 6.45) is 2.23. The Bertz CT molecular complexity index is 340. The van der Waals surface area contributed by atoms with Crippen molar-refractivity contribution < 1.29 is 4.74 Å². The van der Waals surface area contributed by atoms with Crippen molar-refractivity contribution in [3.05, 3.63) is 30.3 Å². The van der Waals surface area contributed by atoms with Crippen molar-refractivity contribution in [3.8, 4) is 0 Å². The molecule has 1 aromatic carbocycles. The summed E-state index contributed by atoms with van der Waals surface area (Å²) in [5.41, 5.74) is -0.0227. The van der Waals surface area contributed by atoms with Gasteiger partial charge in [0.15, 0.2) is 0 Å². The number of thioether (sulfide) groups is 1. The minimum atomic E-state index is -0.0227. The van der Waals surface area contributed by atoms with Crippen molar-refractivity contribution in [1.29, 1.82) is 0 Å². The van der Waals surface area contributed by atoms with Crippen molar-refractivity contribution in [2.45, 2.75) is 50.2 Å². The maximum absolute atomic E-state index is 5.49. The van der Waals surface area contributed by atoms with E-state index in [1.165, 1.54) is 4.90 Å². The van der Waals surface area contributed by atoms with E-state index in [1.54, 1.807) is 7.11 Å². The van der Waals surface area contributed by atoms with E-state index in [0.717, 1.165) is 25.1 Å². The molecule has 1 N–H and O–H groups in total. The van der Waals surface area contributed by atoms with Crippen LogP contribution in [-0.4, -0.2) is 31.1 Å². The summed E-state index contributed by atoms with van der Waals surface area (Å²) < 4.78 is 5.49. The highest BCUT2D eigenvalue weighted by molar-refractivity contribution is 7.99. The first-order valence-corrected chi connectivity index (χ1v) is 8.02. The molecule has 0 saturated carbocycles. The molecule has 3 heteroatoms. The van der Waals surface area contributed by atoms with Crippen LogP contribution in [0.15, 0.2) is 35.2 Å². The zero-order valence-corrected chi connectivity index (χ0v) is 13.4. The molecule has 2 nitrogen and oxygen atoms in total. The van der Waals surface area contributed by atoms with E-state index in [4.69, 9.17) is 4.74 Å². The molecule has 1 aromatic rings. The van der Waals surface area contributed by atoms with E-state index in [1.807, 2.05) is 11.8 Å². The van der Waals surface area contributed by atoms with E-state index < -0.39 is 0 Å². The van der Waals surface area contributed by atoms with Gasteiger partial charge in [-0.3, -0.25) is 0 Å². The SMILES string of the molecule is CCNC(CCC(C)(C)OC)CSc1ccccc1. The summed E-state index contributed by atoms with van der Waals surface area (Å²) in [5, 5.41) is 3.57. The van der Waals surface area contributed by atoms with Gasteiger partial charge in [0.1, 0.15) is 0 Å². The van der Waals surface area contributed by atoms with E-state index in [0.29, 0.717) is 6.04 Å². The van der Waals surface area contributed by atoms with Gasteiger partial charge in [-0.2, -0.15) is 0 Å². The first-order chi connectivity index (χ1) is 9.07. The first-order valence-electron chi connectivity index (χ1n) is 7.04. The van der Waals surface area contributed by atoms with Gasteiger partial charge in [-0.25, -0.2) is 0 Å². The Balaban J connectivity index is 2.40. The molecule has 0 spiro atoms. The van der Waals surface area contributed by atoms with Crippen LogP contribution in [0.2, 0.25) is 0 Å². The number of benzene rings is 1. The molecule has 0 aliphatic carbocycles. The maximum atomic E-state index is 5.49. The third-order valence-electron chi connectivity index (χ3n) is 3.33. The molecule has 108 valence electrons. The highest BCUT2D eigenvalue weighted by atomic mass is 32.2. The van der Waals surface area contributed by atoms with E-state index in [2.05, 4.69) is 56.4 Å². The molecule has 0 fully saturated rings. The molecule has 0 aliphatic rings. The quantitative estimate of drug-likeness (QED) is 0.692. The largest absolute Gasteiger partial charge is 0.379 e. The van der Waals surface area contributed by atoms with Crippen molar-refractivity contribution in [1.82, 2.24) is 5.32 Å². The smallest absolute Gasteiger partial charge is 0.0623 e. The van der Waals surface area contributed by atoms with Gasteiger partial charge in [-0.1, -0.05) is 25.1 Å². The number of rotatable bonds is 9. The second-order valence-electron chi connectivity index (χ2n) is 5.38. The Labute approximate surface area is 122 Å². The number of hydrogen-bond donors (Lipinski definition) is 1. The van der Waals surface area contributed by atoms with Crippen LogP contribution in [0, 0.1) is 0 Å². The molecule has 0 bridgehead atoms. The second-order valence-corrected chi connectivity index (χ2v) is 6.47. The molecule has 19 heavy (non-hydrogen) atoms. The third-order valence-corrected chi connectivity index (χ3v) is 4.51. The first kappa shape index (κ1) is 16.5. The molecular weight excluding hydrogens is 254 g/mol. The van der Waals surface area contributed by atoms with Crippen LogP contribution in [-0.2, 0) is 4.74 Å². The topological polar surface area (TPSA) is 21.3 Å². The highest BCUT2D eigenvalue weighted by Gasteiger charge is 2.19. The molecule has 0 aliphatic heterocycles. The summed E-state index contributed by atoms with van der Waals surface area (Å²) in [6.45, 7) is 7.50. The summed E-state index contributed by atoms with van der Waals surface area (Å²) >= 11 is 1.92. The molecule has 0 saturated heterocycles. The van der Waals surface area contributed by atoms with E-state index in [-0.39, 0.29) is 5.60 Å². The maximum Gasteiger partial charge on any atom is 0.0623 e. The van der Waals surface area contributed by atoms with Crippen molar-refractivity contribution in [3.63, 3.8) is 0 Å². The van der Waals surface area contributed by atoms with Crippen molar-refractivity contribution in [2.75, 3.05) is 19.4 Å². The second kappa shape index (κ2) is 8.62. The minimum Gasteiger partial charge on any atom is -0.379 e. The van der Waals surface area contributed by atoms with E-state index in [9.17, 15) is 0 Å². The molecule has 1 atom stereocenters. The van der Waals surface area contributed by atoms with Crippen LogP contribution < -0.4 is 5.32 Å². The predicted molar refractivity (Wildman–Crippen MR) is 85.0 cm³/mol. The average molecular weight is 281 g/mol. The van der Waals surface area contributed by atoms with Crippen LogP contribution in [0.25, 0.3) is 0 Å². The Morgan fingerprint density at radius 2 is 1.95 bits per heavy atom. The molecule has 0 aromatic heterocycles. The van der Waals surface area contributed by atoms with E-state index >= 15 is 0 Å². The summed E-state index contributed by atoms with van der Waals surface area (Å²) in [5.74, 6) is 1.11. The highest BCUT2D eigenvalue weighted by Crippen LogP contribution is 2.22. The van der Waals surface area contributed by atoms with Crippen molar-refractivity contribution >= 4 is 11.8 Å². The zero-order valence-electron chi connectivity index (χ0n) is 12.6. The third kappa shape index (κ3) is 7.00. The molecule has 1 unspecified atom stereocenters. The van der Waals surface area contributed by atoms with Gasteiger partial charge < -0.3 is 10.1 Å². The zero-order chi connectivity index (χ0) is 14.1. The summed E-state index contributed by atoms with van der Waals surface area (Å²) in [6, 6.07) is 11.1. The number of nitrogens with one attached hydrogen (secondary N) is 1. The van der Waals surface area contributed by atoms with Crippen LogP contribution in [0.3, 0.4) is 0 Å². The summed E-state index contributed by atoms with van der Waals surface area (Å²) in [4.78, 5) is 1.34. The molecule has 1 rings (SSSR count). The lowest BCUT2D eigenvalue weighted by atomic mass is 9.99. The molecule has 0 heterocycles. The lowest BCUT2D eigenvalue weighted by molar-refractivity contribution is 0.0122. The Kier molecular flexibility index (Phi) is 7.51. The molecule has 0 radical (unpaired) electrons. The van der Waals surface area contributed by atoms with Crippen molar-refractivity contribution in [2.24, 2.45) is 0 Å². The molecular formula is C16H27NOS. The van der Waals surface area contributed by atoms with Gasteiger partial charge in [-0.15, -0.1) is 11.8 Å². The van der Waals surface area contributed by atoms with Crippen LogP contribution in [0.4, 0.5) is 0 Å². The predicted octanol–water partition coefficient (Wildman–Crippen LogP) is 3.96. The van der Waals surface area contributed by atoms with Gasteiger partial charge >= 0.3 is 0 Å². The lowest BCUT2D eigenvalue weighted by Crippen LogP contribution is -2.34. The summed E-state index contributed by atoms with van der Waals surface area (Å²) in [7, 11) is 1.79. The fourth-order valence-corrected chi connectivity index (χ4v) is 2.90. The standard InChI is InChI=1S/C16H27NOS/c1-5-17-14(11-12-16(2,3)18-4)13-19-15-9-7-6-8-10-15/h6-10,14,17H,5,11-13H2,1-4H3. The Morgan fingerprint density at radius 3 is 2.53 bits per heavy atom. The van der Waals surface area contributed by atoms with Gasteiger partial charge in [0.05, 0.1) is 5.60 Å². The van der Waals surface area contributed by atoms with Crippen LogP contribution in [0.5, 0.6) is 0 Å². The fraction of sp³-hybridized carbons (Fsp3) is 0.625. The van der Waals surface area contributed by atoms with Crippen LogP contribution in [0.1, 0.15) is 33.6 Å². The number of methoxy groups -OCH3 is 1. The average Bonchev–Trinajstić information content (AvgIpc) is 2.43. The van der Waals surface area contributed by atoms with Gasteiger partial charge in [-0.05, 0) is 45.4 Å². The fourth-order valence-electron chi connectivity index (χ4n) is 1.87. The number of hydrogen-bond acceptors (Lipinski definition) is 3. The normalized spacial score (nSPS) is 13.5. The Morgan fingerprint density at radius 1 is 1.26 bits per heavy atom. The number of ether oxygens (including phenoxy) is 1. The Hall–Kier alpha value is -0.510. The molecule has 0 amide bonds.